The summed E-state index contributed by atoms with van der Waals surface area (Å²) in [5.74, 6) is 2.73. The van der Waals surface area contributed by atoms with Gasteiger partial charge in [-0.1, -0.05) is 91.0 Å². The standard InChI is InChI=1S/C32H29N3O2/c1-4-12-25(13-5-1)22-33-31-30(28-18-10-20-36-28)34(23-26-14-6-2-7-15-26)32(29-19-11-21-37-29)35(31)24-27-16-8-3-9-17-27/h1-21,30,32H,22-24H2. The van der Waals surface area contributed by atoms with Crippen molar-refractivity contribution in [1.82, 2.24) is 9.80 Å². The maximum atomic E-state index is 6.06. The van der Waals surface area contributed by atoms with E-state index in [2.05, 4.69) is 101 Å². The van der Waals surface area contributed by atoms with E-state index in [4.69, 9.17) is 13.8 Å². The lowest BCUT2D eigenvalue weighted by Gasteiger charge is -2.30. The van der Waals surface area contributed by atoms with Crippen LogP contribution in [0, 0.1) is 0 Å². The van der Waals surface area contributed by atoms with Gasteiger partial charge in [-0.25, -0.2) is 0 Å². The van der Waals surface area contributed by atoms with Gasteiger partial charge in [0.1, 0.15) is 29.6 Å². The second-order valence-electron chi connectivity index (χ2n) is 9.24. The van der Waals surface area contributed by atoms with Gasteiger partial charge in [0.25, 0.3) is 0 Å². The van der Waals surface area contributed by atoms with Crippen molar-refractivity contribution in [2.45, 2.75) is 31.8 Å². The number of furan rings is 2. The molecule has 1 aliphatic rings. The molecule has 5 aromatic rings. The Hall–Kier alpha value is -4.35. The lowest BCUT2D eigenvalue weighted by molar-refractivity contribution is 0.0886. The Balaban J connectivity index is 1.49. The fourth-order valence-corrected chi connectivity index (χ4v) is 5.10. The third kappa shape index (κ3) is 4.99. The van der Waals surface area contributed by atoms with Crippen LogP contribution >= 0.6 is 0 Å². The number of hydrogen-bond donors (Lipinski definition) is 0. The zero-order chi connectivity index (χ0) is 24.9. The van der Waals surface area contributed by atoms with Crippen LogP contribution in [0.3, 0.4) is 0 Å². The summed E-state index contributed by atoms with van der Waals surface area (Å²) in [6.07, 6.45) is 3.34. The van der Waals surface area contributed by atoms with Gasteiger partial charge >= 0.3 is 0 Å². The molecule has 1 saturated heterocycles. The van der Waals surface area contributed by atoms with Crippen molar-refractivity contribution >= 4 is 5.84 Å². The lowest BCUT2D eigenvalue weighted by Crippen LogP contribution is -2.31. The van der Waals surface area contributed by atoms with Crippen LogP contribution in [-0.2, 0) is 19.6 Å². The van der Waals surface area contributed by atoms with E-state index in [1.807, 2.05) is 24.3 Å². The molecule has 5 nitrogen and oxygen atoms in total. The number of benzene rings is 3. The van der Waals surface area contributed by atoms with Gasteiger partial charge in [0.05, 0.1) is 19.1 Å². The zero-order valence-corrected chi connectivity index (χ0v) is 20.6. The van der Waals surface area contributed by atoms with Crippen molar-refractivity contribution in [1.29, 1.82) is 0 Å². The van der Waals surface area contributed by atoms with Gasteiger partial charge in [0, 0.05) is 13.1 Å². The molecule has 1 fully saturated rings. The number of hydrogen-bond acceptors (Lipinski definition) is 4. The first-order valence-electron chi connectivity index (χ1n) is 12.6. The molecule has 0 radical (unpaired) electrons. The molecule has 184 valence electrons. The zero-order valence-electron chi connectivity index (χ0n) is 20.6. The fourth-order valence-electron chi connectivity index (χ4n) is 5.10. The molecule has 0 saturated carbocycles. The van der Waals surface area contributed by atoms with E-state index >= 15 is 0 Å². The Morgan fingerprint density at radius 1 is 0.568 bits per heavy atom. The molecular formula is C32H29N3O2. The second-order valence-corrected chi connectivity index (χ2v) is 9.24. The highest BCUT2D eigenvalue weighted by Gasteiger charge is 2.48. The monoisotopic (exact) mass is 487 g/mol. The third-order valence-corrected chi connectivity index (χ3v) is 6.76. The first-order valence-corrected chi connectivity index (χ1v) is 12.6. The van der Waals surface area contributed by atoms with E-state index in [0.29, 0.717) is 19.6 Å². The molecule has 0 N–H and O–H groups in total. The minimum Gasteiger partial charge on any atom is -0.467 e. The summed E-state index contributed by atoms with van der Waals surface area (Å²) < 4.78 is 12.1. The van der Waals surface area contributed by atoms with Crippen molar-refractivity contribution in [3.05, 3.63) is 156 Å². The SMILES string of the molecule is c1ccc(CN=C2C(c3ccco3)N(Cc3ccccc3)C(c3ccco3)N2Cc2ccccc2)cc1. The van der Waals surface area contributed by atoms with Crippen LogP contribution in [0.25, 0.3) is 0 Å². The van der Waals surface area contributed by atoms with E-state index in [0.717, 1.165) is 17.4 Å². The Kier molecular flexibility index (Phi) is 6.69. The van der Waals surface area contributed by atoms with Gasteiger partial charge in [-0.3, -0.25) is 9.89 Å². The summed E-state index contributed by atoms with van der Waals surface area (Å²) in [6.45, 7) is 2.00. The Morgan fingerprint density at radius 2 is 1.11 bits per heavy atom. The van der Waals surface area contributed by atoms with Crippen LogP contribution < -0.4 is 0 Å². The van der Waals surface area contributed by atoms with Crippen molar-refractivity contribution in [2.24, 2.45) is 4.99 Å². The van der Waals surface area contributed by atoms with E-state index in [1.54, 1.807) is 12.5 Å². The predicted octanol–water partition coefficient (Wildman–Crippen LogP) is 7.23. The van der Waals surface area contributed by atoms with Crippen LogP contribution in [0.5, 0.6) is 0 Å². The topological polar surface area (TPSA) is 45.1 Å². The highest BCUT2D eigenvalue weighted by Crippen LogP contribution is 2.45. The molecule has 1 aliphatic heterocycles. The highest BCUT2D eigenvalue weighted by molar-refractivity contribution is 5.90. The van der Waals surface area contributed by atoms with Gasteiger partial charge in [-0.2, -0.15) is 0 Å². The summed E-state index contributed by atoms with van der Waals surface area (Å²) in [5, 5.41) is 0. The Morgan fingerprint density at radius 3 is 1.68 bits per heavy atom. The third-order valence-electron chi connectivity index (χ3n) is 6.76. The van der Waals surface area contributed by atoms with Crippen molar-refractivity contribution in [2.75, 3.05) is 0 Å². The van der Waals surface area contributed by atoms with Crippen molar-refractivity contribution in [3.8, 4) is 0 Å². The molecule has 5 heteroatoms. The molecule has 2 aromatic heterocycles. The van der Waals surface area contributed by atoms with Gasteiger partial charge in [-0.15, -0.1) is 0 Å². The fraction of sp³-hybridized carbons (Fsp3) is 0.156. The average molecular weight is 488 g/mol. The van der Waals surface area contributed by atoms with Gasteiger partial charge in [0.2, 0.25) is 0 Å². The Bertz CT molecular complexity index is 1400. The smallest absolute Gasteiger partial charge is 0.144 e. The molecule has 3 aromatic carbocycles. The largest absolute Gasteiger partial charge is 0.467 e. The van der Waals surface area contributed by atoms with E-state index < -0.39 is 0 Å². The van der Waals surface area contributed by atoms with E-state index in [1.165, 1.54) is 16.7 Å². The maximum absolute atomic E-state index is 6.06. The molecule has 3 heterocycles. The molecule has 0 aliphatic carbocycles. The summed E-state index contributed by atoms with van der Waals surface area (Å²) in [5.41, 5.74) is 3.61. The summed E-state index contributed by atoms with van der Waals surface area (Å²) in [6, 6.07) is 39.3. The lowest BCUT2D eigenvalue weighted by atomic mass is 10.1. The van der Waals surface area contributed by atoms with E-state index in [-0.39, 0.29) is 12.2 Å². The highest BCUT2D eigenvalue weighted by atomic mass is 16.3. The maximum Gasteiger partial charge on any atom is 0.144 e. The van der Waals surface area contributed by atoms with Crippen molar-refractivity contribution in [3.63, 3.8) is 0 Å². The molecule has 2 unspecified atom stereocenters. The molecule has 2 atom stereocenters. The Labute approximate surface area is 217 Å². The first-order chi connectivity index (χ1) is 18.4. The minimum absolute atomic E-state index is 0.153. The molecular weight excluding hydrogens is 458 g/mol. The summed E-state index contributed by atoms with van der Waals surface area (Å²) >= 11 is 0. The number of amidine groups is 1. The molecule has 0 amide bonds. The van der Waals surface area contributed by atoms with Crippen LogP contribution in [-0.4, -0.2) is 15.6 Å². The number of aliphatic imine (C=N–C) groups is 1. The second kappa shape index (κ2) is 10.7. The minimum atomic E-state index is -0.169. The number of rotatable bonds is 8. The van der Waals surface area contributed by atoms with Crippen molar-refractivity contribution < 1.29 is 8.83 Å². The first kappa shape index (κ1) is 23.1. The van der Waals surface area contributed by atoms with Gasteiger partial charge < -0.3 is 13.7 Å². The molecule has 6 rings (SSSR count). The molecule has 0 bridgehead atoms. The van der Waals surface area contributed by atoms with Crippen LogP contribution in [0.2, 0.25) is 0 Å². The van der Waals surface area contributed by atoms with Gasteiger partial charge in [0.15, 0.2) is 0 Å². The van der Waals surface area contributed by atoms with Crippen LogP contribution in [0.1, 0.15) is 40.4 Å². The average Bonchev–Trinajstić information content (AvgIpc) is 3.71. The normalized spacial score (nSPS) is 19.0. The van der Waals surface area contributed by atoms with E-state index in [9.17, 15) is 0 Å². The summed E-state index contributed by atoms with van der Waals surface area (Å²) in [4.78, 5) is 10.1. The van der Waals surface area contributed by atoms with Crippen LogP contribution in [0.4, 0.5) is 0 Å². The number of nitrogens with zero attached hydrogens (tertiary/aromatic N) is 3. The predicted molar refractivity (Wildman–Crippen MR) is 144 cm³/mol. The summed E-state index contributed by atoms with van der Waals surface area (Å²) in [7, 11) is 0. The van der Waals surface area contributed by atoms with Gasteiger partial charge in [-0.05, 0) is 41.0 Å². The van der Waals surface area contributed by atoms with Crippen LogP contribution in [0.15, 0.2) is 142 Å². The molecule has 37 heavy (non-hydrogen) atoms. The molecule has 0 spiro atoms. The quantitative estimate of drug-likeness (QED) is 0.232.